The normalized spacial score (nSPS) is 22.7. The van der Waals surface area contributed by atoms with Crippen molar-refractivity contribution >= 4 is 33.8 Å². The topological polar surface area (TPSA) is 142 Å². The number of carbonyl (C=O) groups is 4. The van der Waals surface area contributed by atoms with Crippen LogP contribution in [0, 0.1) is 5.92 Å². The molecule has 11 nitrogen and oxygen atoms in total. The maximum Gasteiger partial charge on any atom is 0.344 e. The first-order valence-electron chi connectivity index (χ1n) is 11.3. The van der Waals surface area contributed by atoms with Gasteiger partial charge in [0.05, 0.1) is 10.5 Å². The Kier molecular flexibility index (Phi) is 7.61. The maximum atomic E-state index is 12.8. The molecular weight excluding hydrogens is 464 g/mol. The number of amides is 4. The molecule has 4 amide bonds. The van der Waals surface area contributed by atoms with Crippen molar-refractivity contribution in [3.63, 3.8) is 0 Å². The first-order chi connectivity index (χ1) is 16.0. The molecule has 186 valence electrons. The van der Waals surface area contributed by atoms with Crippen molar-refractivity contribution in [2.75, 3.05) is 19.7 Å². The van der Waals surface area contributed by atoms with Gasteiger partial charge in [-0.2, -0.15) is 9.31 Å². The van der Waals surface area contributed by atoms with Gasteiger partial charge >= 0.3 is 12.0 Å². The zero-order valence-corrected chi connectivity index (χ0v) is 20.3. The molecule has 1 aromatic carbocycles. The summed E-state index contributed by atoms with van der Waals surface area (Å²) < 4.78 is 31.6. The lowest BCUT2D eigenvalue weighted by molar-refractivity contribution is -0.141. The Labute approximate surface area is 198 Å². The Morgan fingerprint density at radius 1 is 1.21 bits per heavy atom. The summed E-state index contributed by atoms with van der Waals surface area (Å²) in [6, 6.07) is 4.60. The smallest absolute Gasteiger partial charge is 0.344 e. The highest BCUT2D eigenvalue weighted by atomic mass is 32.2. The molecule has 1 saturated heterocycles. The summed E-state index contributed by atoms with van der Waals surface area (Å²) >= 11 is 0. The molecule has 1 spiro atoms. The van der Waals surface area contributed by atoms with Gasteiger partial charge in [0.2, 0.25) is 10.0 Å². The van der Waals surface area contributed by atoms with Gasteiger partial charge in [0.15, 0.2) is 6.61 Å². The number of hydrogen-bond donors (Lipinski definition) is 2. The van der Waals surface area contributed by atoms with Gasteiger partial charge in [-0.25, -0.2) is 18.0 Å². The molecule has 2 aliphatic rings. The van der Waals surface area contributed by atoms with Gasteiger partial charge in [0, 0.05) is 13.1 Å². The minimum Gasteiger partial charge on any atom is -0.452 e. The van der Waals surface area contributed by atoms with Crippen LogP contribution in [0.2, 0.25) is 0 Å². The molecule has 0 atom stereocenters. The highest BCUT2D eigenvalue weighted by Crippen LogP contribution is 2.35. The van der Waals surface area contributed by atoms with Crippen molar-refractivity contribution < 1.29 is 32.3 Å². The average molecular weight is 495 g/mol. The lowest BCUT2D eigenvalue weighted by Crippen LogP contribution is -2.52. The van der Waals surface area contributed by atoms with E-state index in [2.05, 4.69) is 17.7 Å². The Hall–Kier alpha value is -2.99. The third-order valence-electron chi connectivity index (χ3n) is 6.27. The van der Waals surface area contributed by atoms with Crippen LogP contribution in [0.5, 0.6) is 0 Å². The molecule has 2 N–H and O–H groups in total. The number of carbonyl (C=O) groups excluding carboxylic acids is 4. The Bertz CT molecular complexity index is 1080. The number of benzene rings is 1. The molecule has 0 radical (unpaired) electrons. The number of sulfonamides is 1. The summed E-state index contributed by atoms with van der Waals surface area (Å²) in [5.41, 5.74) is 1.13. The van der Waals surface area contributed by atoms with Gasteiger partial charge < -0.3 is 10.1 Å². The summed E-state index contributed by atoms with van der Waals surface area (Å²) in [5, 5.41) is 3.31. The minimum atomic E-state index is -3.78. The monoisotopic (exact) mass is 494 g/mol. The van der Waals surface area contributed by atoms with E-state index in [1.165, 1.54) is 28.6 Å². The van der Waals surface area contributed by atoms with Crippen molar-refractivity contribution in [2.24, 2.45) is 5.92 Å². The van der Waals surface area contributed by atoms with Crippen LogP contribution in [0.25, 0.3) is 0 Å². The van der Waals surface area contributed by atoms with Crippen molar-refractivity contribution in [3.05, 3.63) is 29.8 Å². The number of ether oxygens (including phenoxy) is 1. The summed E-state index contributed by atoms with van der Waals surface area (Å²) in [7, 11) is -3.78. The van der Waals surface area contributed by atoms with Gasteiger partial charge in [0.1, 0.15) is 5.54 Å². The second-order valence-corrected chi connectivity index (χ2v) is 10.5. The van der Waals surface area contributed by atoms with Crippen LogP contribution in [-0.2, 0) is 24.3 Å². The van der Waals surface area contributed by atoms with Crippen LogP contribution in [-0.4, -0.2) is 66.8 Å². The van der Waals surface area contributed by atoms with Gasteiger partial charge in [-0.05, 0) is 49.8 Å². The van der Waals surface area contributed by atoms with E-state index in [1.54, 1.807) is 13.8 Å². The third kappa shape index (κ3) is 5.07. The number of hydrogen-bond acceptors (Lipinski definition) is 7. The van der Waals surface area contributed by atoms with Crippen LogP contribution in [0.3, 0.4) is 0 Å². The number of imide groups is 1. The minimum absolute atomic E-state index is 0.0497. The van der Waals surface area contributed by atoms with Gasteiger partial charge in [-0.15, -0.1) is 0 Å². The molecule has 0 aromatic heterocycles. The molecule has 1 heterocycles. The van der Waals surface area contributed by atoms with E-state index in [-0.39, 0.29) is 23.5 Å². The number of nitrogens with zero attached hydrogens (tertiary/aromatic N) is 2. The van der Waals surface area contributed by atoms with Crippen LogP contribution in [0.1, 0.15) is 56.8 Å². The fourth-order valence-electron chi connectivity index (χ4n) is 4.18. The van der Waals surface area contributed by atoms with Crippen molar-refractivity contribution in [2.45, 2.75) is 56.9 Å². The van der Waals surface area contributed by atoms with E-state index in [0.29, 0.717) is 23.8 Å². The van der Waals surface area contributed by atoms with Crippen LogP contribution < -0.4 is 10.7 Å². The van der Waals surface area contributed by atoms with E-state index in [0.717, 1.165) is 12.8 Å². The lowest BCUT2D eigenvalue weighted by Gasteiger charge is -2.33. The molecule has 2 fully saturated rings. The number of hydrazine groups is 1. The zero-order valence-electron chi connectivity index (χ0n) is 19.5. The van der Waals surface area contributed by atoms with Crippen molar-refractivity contribution in [3.8, 4) is 0 Å². The molecule has 1 saturated carbocycles. The molecule has 3 rings (SSSR count). The van der Waals surface area contributed by atoms with E-state index < -0.39 is 46.0 Å². The first kappa shape index (κ1) is 25.6. The third-order valence-corrected chi connectivity index (χ3v) is 8.32. The number of esters is 1. The number of nitrogens with one attached hydrogen (secondary N) is 2. The Morgan fingerprint density at radius 2 is 1.85 bits per heavy atom. The van der Waals surface area contributed by atoms with Gasteiger partial charge in [-0.3, -0.25) is 15.0 Å². The molecule has 0 unspecified atom stereocenters. The molecule has 0 bridgehead atoms. The lowest BCUT2D eigenvalue weighted by atomic mass is 9.77. The largest absolute Gasteiger partial charge is 0.452 e. The highest BCUT2D eigenvalue weighted by Gasteiger charge is 2.52. The van der Waals surface area contributed by atoms with E-state index >= 15 is 0 Å². The van der Waals surface area contributed by atoms with Gasteiger partial charge in [0.25, 0.3) is 11.8 Å². The van der Waals surface area contributed by atoms with Crippen LogP contribution in [0.15, 0.2) is 29.2 Å². The molecule has 1 aliphatic heterocycles. The maximum absolute atomic E-state index is 12.8. The SMILES string of the molecule is CCN(CC)S(=O)(=O)c1cccc(C(=O)OCC(=O)NN2C(=O)NC3(CCC(C)CC3)C2=O)c1. The Morgan fingerprint density at radius 3 is 2.47 bits per heavy atom. The van der Waals surface area contributed by atoms with Gasteiger partial charge in [-0.1, -0.05) is 26.8 Å². The second-order valence-electron chi connectivity index (χ2n) is 8.56. The molecular formula is C22H30N4O7S. The molecule has 1 aromatic rings. The number of urea groups is 1. The molecule has 1 aliphatic carbocycles. The summed E-state index contributed by atoms with van der Waals surface area (Å²) in [5.74, 6) is -1.86. The summed E-state index contributed by atoms with van der Waals surface area (Å²) in [6.45, 7) is 5.29. The van der Waals surface area contributed by atoms with E-state index in [1.807, 2.05) is 0 Å². The van der Waals surface area contributed by atoms with Crippen LogP contribution in [0.4, 0.5) is 4.79 Å². The quantitative estimate of drug-likeness (QED) is 0.411. The molecule has 34 heavy (non-hydrogen) atoms. The average Bonchev–Trinajstić information content (AvgIpc) is 3.04. The predicted molar refractivity (Wildman–Crippen MR) is 121 cm³/mol. The number of rotatable bonds is 8. The second kappa shape index (κ2) is 10.1. The highest BCUT2D eigenvalue weighted by molar-refractivity contribution is 7.89. The van der Waals surface area contributed by atoms with E-state index in [4.69, 9.17) is 4.74 Å². The van der Waals surface area contributed by atoms with Crippen molar-refractivity contribution in [1.82, 2.24) is 20.1 Å². The van der Waals surface area contributed by atoms with Crippen LogP contribution >= 0.6 is 0 Å². The van der Waals surface area contributed by atoms with Crippen molar-refractivity contribution in [1.29, 1.82) is 0 Å². The zero-order chi connectivity index (χ0) is 25.1. The summed E-state index contributed by atoms with van der Waals surface area (Å²) in [6.07, 6.45) is 2.56. The predicted octanol–water partition coefficient (Wildman–Crippen LogP) is 1.41. The summed E-state index contributed by atoms with van der Waals surface area (Å²) in [4.78, 5) is 49.7. The fourth-order valence-corrected chi connectivity index (χ4v) is 5.69. The standard InChI is InChI=1S/C22H30N4O7S/c1-4-25(5-2)34(31,32)17-8-6-7-16(13-17)19(28)33-14-18(27)24-26-20(29)22(23-21(26)30)11-9-15(3)10-12-22/h6-8,13,15H,4-5,9-12,14H2,1-3H3,(H,23,30)(H,24,27). The fraction of sp³-hybridized carbons (Fsp3) is 0.545. The molecule has 12 heteroatoms. The Balaban J connectivity index is 1.60. The van der Waals surface area contributed by atoms with E-state index in [9.17, 15) is 27.6 Å². The first-order valence-corrected chi connectivity index (χ1v) is 12.7.